The lowest BCUT2D eigenvalue weighted by atomic mass is 10.1. The first kappa shape index (κ1) is 17.0. The molecule has 6 nitrogen and oxygen atoms in total. The predicted octanol–water partition coefficient (Wildman–Crippen LogP) is 3.60. The fourth-order valence-electron chi connectivity index (χ4n) is 2.81. The Bertz CT molecular complexity index is 826. The van der Waals surface area contributed by atoms with E-state index in [1.807, 2.05) is 45.0 Å². The number of fused-ring (bicyclic) bond motifs is 1. The van der Waals surface area contributed by atoms with Gasteiger partial charge in [-0.1, -0.05) is 24.3 Å². The summed E-state index contributed by atoms with van der Waals surface area (Å²) in [7, 11) is 0. The van der Waals surface area contributed by atoms with Crippen molar-refractivity contribution < 1.29 is 9.53 Å². The number of benzene rings is 1. The summed E-state index contributed by atoms with van der Waals surface area (Å²) in [5.74, 6) is 0. The first-order chi connectivity index (χ1) is 11.8. The molecule has 2 N–H and O–H groups in total. The number of hydrogen-bond donors (Lipinski definition) is 2. The molecule has 1 atom stereocenters. The molecular weight excluding hydrogens is 316 g/mol. The van der Waals surface area contributed by atoms with Crippen LogP contribution >= 0.6 is 0 Å². The normalized spacial score (nSPS) is 16.6. The van der Waals surface area contributed by atoms with E-state index in [1.165, 1.54) is 0 Å². The topological polar surface area (TPSA) is 87.0 Å². The molecule has 1 aromatic carbocycles. The van der Waals surface area contributed by atoms with Gasteiger partial charge < -0.3 is 15.4 Å². The highest BCUT2D eigenvalue weighted by atomic mass is 16.6. The molecule has 1 fully saturated rings. The number of pyridine rings is 1. The fraction of sp³-hybridized carbons (Fsp3) is 0.421. The van der Waals surface area contributed by atoms with Gasteiger partial charge in [0, 0.05) is 17.0 Å². The minimum Gasteiger partial charge on any atom is -0.444 e. The summed E-state index contributed by atoms with van der Waals surface area (Å²) < 4.78 is 5.33. The summed E-state index contributed by atoms with van der Waals surface area (Å²) >= 11 is 0. The molecule has 0 radical (unpaired) electrons. The predicted molar refractivity (Wildman–Crippen MR) is 96.1 cm³/mol. The number of carbonyl (C=O) groups excluding carboxylic acids is 1. The molecule has 1 aromatic heterocycles. The molecule has 0 aliphatic heterocycles. The van der Waals surface area contributed by atoms with E-state index in [4.69, 9.17) is 4.74 Å². The van der Waals surface area contributed by atoms with Gasteiger partial charge >= 0.3 is 6.09 Å². The van der Waals surface area contributed by atoms with Crippen LogP contribution in [0.4, 0.5) is 10.5 Å². The van der Waals surface area contributed by atoms with Gasteiger partial charge in [0.2, 0.25) is 0 Å². The van der Waals surface area contributed by atoms with Crippen LogP contribution in [-0.2, 0) is 4.74 Å². The number of carbonyl (C=O) groups is 1. The average molecular weight is 338 g/mol. The van der Waals surface area contributed by atoms with Crippen LogP contribution in [0.5, 0.6) is 0 Å². The molecule has 1 saturated carbocycles. The van der Waals surface area contributed by atoms with Crippen LogP contribution in [-0.4, -0.2) is 28.3 Å². The Morgan fingerprint density at radius 3 is 2.68 bits per heavy atom. The Morgan fingerprint density at radius 1 is 1.32 bits per heavy atom. The molecule has 1 aliphatic carbocycles. The molecule has 0 spiro atoms. The zero-order valence-electron chi connectivity index (χ0n) is 14.7. The van der Waals surface area contributed by atoms with Crippen LogP contribution in [0.25, 0.3) is 10.8 Å². The van der Waals surface area contributed by atoms with Crippen molar-refractivity contribution in [2.24, 2.45) is 0 Å². The van der Waals surface area contributed by atoms with Crippen molar-refractivity contribution in [3.63, 3.8) is 0 Å². The van der Waals surface area contributed by atoms with Crippen molar-refractivity contribution in [3.8, 4) is 6.07 Å². The molecule has 25 heavy (non-hydrogen) atoms. The van der Waals surface area contributed by atoms with Crippen molar-refractivity contribution in [3.05, 3.63) is 36.7 Å². The van der Waals surface area contributed by atoms with Crippen LogP contribution in [0.1, 0.15) is 33.6 Å². The number of alkyl carbamates (subject to hydrolysis) is 1. The number of ether oxygens (including phenoxy) is 1. The summed E-state index contributed by atoms with van der Waals surface area (Å²) in [6.07, 6.45) is 4.46. The first-order valence-corrected chi connectivity index (χ1v) is 8.33. The maximum absolute atomic E-state index is 12.1. The number of nitrogens with zero attached hydrogens (tertiary/aromatic N) is 2. The fourth-order valence-corrected chi connectivity index (χ4v) is 2.81. The minimum atomic E-state index is -0.603. The van der Waals surface area contributed by atoms with Gasteiger partial charge in [0.1, 0.15) is 11.6 Å². The quantitative estimate of drug-likeness (QED) is 0.889. The number of nitriles is 1. The number of aromatic nitrogens is 1. The third-order valence-corrected chi connectivity index (χ3v) is 4.19. The van der Waals surface area contributed by atoms with Crippen molar-refractivity contribution in [1.29, 1.82) is 5.26 Å². The first-order valence-electron chi connectivity index (χ1n) is 8.33. The van der Waals surface area contributed by atoms with Crippen LogP contribution in [0.15, 0.2) is 36.7 Å². The second kappa shape index (κ2) is 6.25. The molecule has 2 aromatic rings. The van der Waals surface area contributed by atoms with Gasteiger partial charge in [0.25, 0.3) is 0 Å². The lowest BCUT2D eigenvalue weighted by Crippen LogP contribution is -2.50. The molecule has 1 unspecified atom stereocenters. The number of amides is 1. The highest BCUT2D eigenvalue weighted by Crippen LogP contribution is 2.40. The maximum atomic E-state index is 12.1. The van der Waals surface area contributed by atoms with Gasteiger partial charge in [-0.05, 0) is 33.6 Å². The maximum Gasteiger partial charge on any atom is 0.408 e. The highest BCUT2D eigenvalue weighted by molar-refractivity contribution is 5.93. The van der Waals surface area contributed by atoms with Gasteiger partial charge in [-0.3, -0.25) is 4.98 Å². The van der Waals surface area contributed by atoms with Gasteiger partial charge in [0.05, 0.1) is 23.5 Å². The second-order valence-electron chi connectivity index (χ2n) is 7.40. The largest absolute Gasteiger partial charge is 0.444 e. The zero-order valence-corrected chi connectivity index (χ0v) is 14.7. The van der Waals surface area contributed by atoms with Crippen molar-refractivity contribution >= 4 is 22.6 Å². The summed E-state index contributed by atoms with van der Waals surface area (Å²) in [6, 6.07) is 9.56. The van der Waals surface area contributed by atoms with Crippen LogP contribution in [0.2, 0.25) is 0 Å². The van der Waals surface area contributed by atoms with Gasteiger partial charge in [-0.15, -0.1) is 0 Å². The van der Waals surface area contributed by atoms with Crippen molar-refractivity contribution in [2.75, 3.05) is 5.32 Å². The minimum absolute atomic E-state index is 0.497. The molecule has 0 bridgehead atoms. The van der Waals surface area contributed by atoms with Crippen molar-refractivity contribution in [1.82, 2.24) is 10.3 Å². The Hall–Kier alpha value is -2.81. The summed E-state index contributed by atoms with van der Waals surface area (Å²) in [5, 5.41) is 17.8. The number of nitrogens with one attached hydrogen (secondary N) is 2. The Morgan fingerprint density at radius 2 is 2.04 bits per heavy atom. The number of rotatable bonds is 4. The third-order valence-electron chi connectivity index (χ3n) is 4.19. The SMILES string of the molecule is CC(C)(C)OC(=O)NC1(C(C#N)Nc2cncc3ccccc23)CC1. The Kier molecular flexibility index (Phi) is 4.25. The number of anilines is 1. The molecule has 1 amide bonds. The van der Waals surface area contributed by atoms with E-state index < -0.39 is 23.3 Å². The third kappa shape index (κ3) is 3.82. The summed E-state index contributed by atoms with van der Waals surface area (Å²) in [5.41, 5.74) is -0.398. The van der Waals surface area contributed by atoms with Gasteiger partial charge in [-0.25, -0.2) is 4.79 Å². The molecular formula is C19H22N4O2. The van der Waals surface area contributed by atoms with E-state index in [2.05, 4.69) is 21.7 Å². The molecule has 130 valence electrons. The van der Waals surface area contributed by atoms with E-state index in [1.54, 1.807) is 12.4 Å². The Balaban J connectivity index is 1.78. The van der Waals surface area contributed by atoms with Crippen LogP contribution in [0.3, 0.4) is 0 Å². The molecule has 6 heteroatoms. The van der Waals surface area contributed by atoms with Gasteiger partial charge in [-0.2, -0.15) is 5.26 Å². The second-order valence-corrected chi connectivity index (χ2v) is 7.40. The van der Waals surface area contributed by atoms with E-state index in [-0.39, 0.29) is 0 Å². The van der Waals surface area contributed by atoms with Gasteiger partial charge in [0.15, 0.2) is 0 Å². The summed E-state index contributed by atoms with van der Waals surface area (Å²) in [6.45, 7) is 5.44. The molecule has 3 rings (SSSR count). The summed E-state index contributed by atoms with van der Waals surface area (Å²) in [4.78, 5) is 16.3. The van der Waals surface area contributed by atoms with Crippen LogP contribution < -0.4 is 10.6 Å². The van der Waals surface area contributed by atoms with E-state index in [9.17, 15) is 10.1 Å². The average Bonchev–Trinajstić information content (AvgIpc) is 3.31. The van der Waals surface area contributed by atoms with Crippen molar-refractivity contribution in [2.45, 2.75) is 50.8 Å². The zero-order chi connectivity index (χ0) is 18.1. The van der Waals surface area contributed by atoms with E-state index in [0.29, 0.717) is 0 Å². The smallest absolute Gasteiger partial charge is 0.408 e. The lowest BCUT2D eigenvalue weighted by Gasteiger charge is -2.27. The van der Waals surface area contributed by atoms with Crippen LogP contribution in [0, 0.1) is 11.3 Å². The lowest BCUT2D eigenvalue weighted by molar-refractivity contribution is 0.0494. The van der Waals surface area contributed by atoms with E-state index >= 15 is 0 Å². The van der Waals surface area contributed by atoms with E-state index in [0.717, 1.165) is 29.3 Å². The highest BCUT2D eigenvalue weighted by Gasteiger charge is 2.52. The molecule has 1 aliphatic rings. The standard InChI is InChI=1S/C19H22N4O2/c1-18(2,3)25-17(24)23-19(8-9-19)16(10-20)22-15-12-21-11-13-6-4-5-7-14(13)15/h4-7,11-12,16,22H,8-9H2,1-3H3,(H,23,24). The molecule has 1 heterocycles. The number of hydrogen-bond acceptors (Lipinski definition) is 5. The Labute approximate surface area is 147 Å². The molecule has 0 saturated heterocycles. The monoisotopic (exact) mass is 338 g/mol.